The Bertz CT molecular complexity index is 808. The highest BCUT2D eigenvalue weighted by molar-refractivity contribution is 7.10. The van der Waals surface area contributed by atoms with Gasteiger partial charge in [-0.1, -0.05) is 42.2 Å². The fourth-order valence-electron chi connectivity index (χ4n) is 2.10. The molecule has 0 bridgehead atoms. The summed E-state index contributed by atoms with van der Waals surface area (Å²) in [6.45, 7) is 0.367. The van der Waals surface area contributed by atoms with Gasteiger partial charge in [-0.05, 0) is 34.4 Å². The molecule has 0 amide bonds. The quantitative estimate of drug-likeness (QED) is 0.744. The van der Waals surface area contributed by atoms with E-state index in [1.807, 2.05) is 35.7 Å². The van der Waals surface area contributed by atoms with E-state index in [1.165, 1.54) is 10.8 Å². The fraction of sp³-hybridized carbons (Fsp3) is 0.111. The number of aliphatic hydroxyl groups is 1. The van der Waals surface area contributed by atoms with Crippen molar-refractivity contribution in [3.05, 3.63) is 64.4 Å². The summed E-state index contributed by atoms with van der Waals surface area (Å²) < 4.78 is 5.86. The average molecular weight is 294 g/mol. The highest BCUT2D eigenvalue weighted by atomic mass is 32.1. The highest BCUT2D eigenvalue weighted by Gasteiger charge is 2.04. The zero-order valence-corrected chi connectivity index (χ0v) is 12.2. The molecule has 0 aliphatic carbocycles. The Morgan fingerprint density at radius 1 is 1.05 bits per heavy atom. The number of rotatable bonds is 3. The maximum Gasteiger partial charge on any atom is 0.124 e. The number of aliphatic hydroxyl groups excluding tert-OH is 1. The minimum atomic E-state index is -0.124. The monoisotopic (exact) mass is 294 g/mol. The molecule has 21 heavy (non-hydrogen) atoms. The van der Waals surface area contributed by atoms with Gasteiger partial charge in [-0.3, -0.25) is 0 Å². The van der Waals surface area contributed by atoms with Gasteiger partial charge in [0.05, 0.1) is 4.88 Å². The summed E-state index contributed by atoms with van der Waals surface area (Å²) in [6, 6.07) is 16.2. The Hall–Kier alpha value is -2.28. The number of benzene rings is 2. The van der Waals surface area contributed by atoms with Gasteiger partial charge < -0.3 is 9.84 Å². The lowest BCUT2D eigenvalue weighted by Crippen LogP contribution is -1.95. The molecule has 0 fully saturated rings. The normalized spacial score (nSPS) is 10.1. The summed E-state index contributed by atoms with van der Waals surface area (Å²) in [7, 11) is 0. The van der Waals surface area contributed by atoms with Crippen LogP contribution >= 0.6 is 11.3 Å². The predicted octanol–water partition coefficient (Wildman–Crippen LogP) is 3.82. The summed E-state index contributed by atoms with van der Waals surface area (Å²) in [5.41, 5.74) is 0.926. The molecule has 3 aromatic rings. The van der Waals surface area contributed by atoms with Gasteiger partial charge in [0, 0.05) is 5.56 Å². The minimum absolute atomic E-state index is 0.124. The lowest BCUT2D eigenvalue weighted by molar-refractivity contribution is 0.310. The zero-order valence-electron chi connectivity index (χ0n) is 11.4. The summed E-state index contributed by atoms with van der Waals surface area (Å²) in [4.78, 5) is 1.07. The summed E-state index contributed by atoms with van der Waals surface area (Å²) in [5.74, 6) is 6.46. The van der Waals surface area contributed by atoms with Gasteiger partial charge in [0.15, 0.2) is 0 Å². The first-order valence-corrected chi connectivity index (χ1v) is 7.52. The molecule has 0 spiro atoms. The average Bonchev–Trinajstić information content (AvgIpc) is 2.98. The van der Waals surface area contributed by atoms with Gasteiger partial charge in [-0.2, -0.15) is 0 Å². The van der Waals surface area contributed by atoms with Crippen molar-refractivity contribution in [3.8, 4) is 17.6 Å². The maximum absolute atomic E-state index is 8.76. The van der Waals surface area contributed by atoms with Crippen LogP contribution in [0.25, 0.3) is 10.8 Å². The second-order valence-corrected chi connectivity index (χ2v) is 5.52. The minimum Gasteiger partial charge on any atom is -0.488 e. The van der Waals surface area contributed by atoms with Crippen LogP contribution in [0.15, 0.2) is 53.9 Å². The topological polar surface area (TPSA) is 29.5 Å². The van der Waals surface area contributed by atoms with Crippen LogP contribution in [-0.2, 0) is 6.61 Å². The Morgan fingerprint density at radius 3 is 2.76 bits per heavy atom. The van der Waals surface area contributed by atoms with E-state index in [1.54, 1.807) is 11.3 Å². The van der Waals surface area contributed by atoms with Crippen molar-refractivity contribution in [2.24, 2.45) is 0 Å². The molecule has 104 valence electrons. The molecule has 0 radical (unpaired) electrons. The van der Waals surface area contributed by atoms with E-state index in [2.05, 4.69) is 30.0 Å². The summed E-state index contributed by atoms with van der Waals surface area (Å²) in [6.07, 6.45) is 0. The molecule has 1 aromatic heterocycles. The number of ether oxygens (including phenoxy) is 1. The first-order chi connectivity index (χ1) is 10.4. The highest BCUT2D eigenvalue weighted by Crippen LogP contribution is 2.23. The van der Waals surface area contributed by atoms with Crippen LogP contribution in [0.1, 0.15) is 10.4 Å². The van der Waals surface area contributed by atoms with Gasteiger partial charge in [0.25, 0.3) is 0 Å². The fourth-order valence-corrected chi connectivity index (χ4v) is 2.85. The molecule has 0 saturated heterocycles. The number of thiophene rings is 1. The summed E-state index contributed by atoms with van der Waals surface area (Å²) in [5, 5.41) is 13.1. The lowest BCUT2D eigenvalue weighted by atomic mass is 10.1. The van der Waals surface area contributed by atoms with E-state index in [9.17, 15) is 0 Å². The SMILES string of the molecule is OCC#Cc1ccsc1COc1ccc2ccccc2c1. The first-order valence-electron chi connectivity index (χ1n) is 6.64. The Morgan fingerprint density at radius 2 is 1.90 bits per heavy atom. The van der Waals surface area contributed by atoms with Crippen LogP contribution in [0.5, 0.6) is 5.75 Å². The molecule has 0 aliphatic rings. The molecule has 3 rings (SSSR count). The lowest BCUT2D eigenvalue weighted by Gasteiger charge is -2.06. The first kappa shape index (κ1) is 13.7. The van der Waals surface area contributed by atoms with Crippen molar-refractivity contribution in [1.82, 2.24) is 0 Å². The molecule has 1 N–H and O–H groups in total. The van der Waals surface area contributed by atoms with Crippen molar-refractivity contribution in [2.75, 3.05) is 6.61 Å². The van der Waals surface area contributed by atoms with Gasteiger partial charge in [-0.25, -0.2) is 0 Å². The van der Waals surface area contributed by atoms with Crippen molar-refractivity contribution < 1.29 is 9.84 Å². The standard InChI is InChI=1S/C18H14O2S/c19-10-3-6-15-9-11-21-18(15)13-20-17-8-7-14-4-1-2-5-16(14)12-17/h1-2,4-5,7-9,11-12,19H,10,13H2. The predicted molar refractivity (Wildman–Crippen MR) is 86.6 cm³/mol. The van der Waals surface area contributed by atoms with Crippen LogP contribution < -0.4 is 4.74 Å². The largest absolute Gasteiger partial charge is 0.488 e. The number of hydrogen-bond acceptors (Lipinski definition) is 3. The van der Waals surface area contributed by atoms with E-state index in [4.69, 9.17) is 9.84 Å². The van der Waals surface area contributed by atoms with Gasteiger partial charge >= 0.3 is 0 Å². The van der Waals surface area contributed by atoms with Crippen molar-refractivity contribution in [1.29, 1.82) is 0 Å². The van der Waals surface area contributed by atoms with E-state index < -0.39 is 0 Å². The van der Waals surface area contributed by atoms with E-state index >= 15 is 0 Å². The second-order valence-electron chi connectivity index (χ2n) is 4.51. The van der Waals surface area contributed by atoms with Crippen LogP contribution in [-0.4, -0.2) is 11.7 Å². The maximum atomic E-state index is 8.76. The van der Waals surface area contributed by atoms with Crippen molar-refractivity contribution >= 4 is 22.1 Å². The Balaban J connectivity index is 1.76. The Kier molecular flexibility index (Phi) is 4.20. The molecule has 3 heteroatoms. The zero-order chi connectivity index (χ0) is 14.5. The molecular weight excluding hydrogens is 280 g/mol. The molecule has 0 aliphatic heterocycles. The smallest absolute Gasteiger partial charge is 0.124 e. The van der Waals surface area contributed by atoms with Crippen LogP contribution in [0.4, 0.5) is 0 Å². The van der Waals surface area contributed by atoms with E-state index in [0.717, 1.165) is 16.2 Å². The van der Waals surface area contributed by atoms with Crippen molar-refractivity contribution in [3.63, 3.8) is 0 Å². The van der Waals surface area contributed by atoms with Gasteiger partial charge in [0.1, 0.15) is 19.0 Å². The number of fused-ring (bicyclic) bond motifs is 1. The van der Waals surface area contributed by atoms with Crippen LogP contribution in [0.3, 0.4) is 0 Å². The molecular formula is C18H14O2S. The van der Waals surface area contributed by atoms with Gasteiger partial charge in [0.2, 0.25) is 0 Å². The molecule has 0 saturated carbocycles. The molecule has 2 nitrogen and oxygen atoms in total. The van der Waals surface area contributed by atoms with Crippen molar-refractivity contribution in [2.45, 2.75) is 6.61 Å². The van der Waals surface area contributed by atoms with E-state index in [-0.39, 0.29) is 6.61 Å². The third kappa shape index (κ3) is 3.25. The van der Waals surface area contributed by atoms with Crippen LogP contribution in [0.2, 0.25) is 0 Å². The molecule has 1 heterocycles. The molecule has 0 atom stereocenters. The van der Waals surface area contributed by atoms with Crippen LogP contribution in [0, 0.1) is 11.8 Å². The Labute approximate surface area is 127 Å². The third-order valence-corrected chi connectivity index (χ3v) is 4.03. The third-order valence-electron chi connectivity index (χ3n) is 3.14. The molecule has 0 unspecified atom stereocenters. The second kappa shape index (κ2) is 6.45. The number of hydrogen-bond donors (Lipinski definition) is 1. The van der Waals surface area contributed by atoms with E-state index in [0.29, 0.717) is 6.61 Å². The molecule has 2 aromatic carbocycles. The van der Waals surface area contributed by atoms with Gasteiger partial charge in [-0.15, -0.1) is 11.3 Å². The summed E-state index contributed by atoms with van der Waals surface area (Å²) >= 11 is 1.61.